The van der Waals surface area contributed by atoms with Crippen LogP contribution in [0.5, 0.6) is 5.75 Å². The number of nitrogens with zero attached hydrogens (tertiary/aromatic N) is 1. The van der Waals surface area contributed by atoms with Gasteiger partial charge in [-0.25, -0.2) is 9.59 Å². The second-order valence-corrected chi connectivity index (χ2v) is 5.68. The van der Waals surface area contributed by atoms with Crippen LogP contribution in [0, 0.1) is 6.92 Å². The van der Waals surface area contributed by atoms with E-state index in [1.54, 1.807) is 25.1 Å². The monoisotopic (exact) mass is 382 g/mol. The van der Waals surface area contributed by atoms with Crippen molar-refractivity contribution in [3.63, 3.8) is 0 Å². The summed E-state index contributed by atoms with van der Waals surface area (Å²) in [6, 6.07) is 7.26. The minimum Gasteiger partial charge on any atom is -0.465 e. The number of amides is 2. The summed E-state index contributed by atoms with van der Waals surface area (Å²) in [5, 5.41) is 2.62. The molecule has 2 aromatic rings. The lowest BCUT2D eigenvalue weighted by atomic mass is 10.2. The fourth-order valence-electron chi connectivity index (χ4n) is 2.41. The zero-order valence-electron chi connectivity index (χ0n) is 15.1. The van der Waals surface area contributed by atoms with Gasteiger partial charge in [-0.1, -0.05) is 18.2 Å². The van der Waals surface area contributed by atoms with E-state index in [4.69, 9.17) is 4.42 Å². The Morgan fingerprint density at radius 2 is 2.00 bits per heavy atom. The number of benzene rings is 1. The molecule has 0 aliphatic heterocycles. The zero-order valence-corrected chi connectivity index (χ0v) is 15.1. The summed E-state index contributed by atoms with van der Waals surface area (Å²) in [5.41, 5.74) is 0.709. The molecule has 0 radical (unpaired) electrons. The van der Waals surface area contributed by atoms with Gasteiger partial charge in [-0.15, -0.1) is 0 Å². The molecule has 27 heavy (non-hydrogen) atoms. The quantitative estimate of drug-likeness (QED) is 0.743. The second-order valence-electron chi connectivity index (χ2n) is 5.68. The van der Waals surface area contributed by atoms with Crippen molar-refractivity contribution < 1.29 is 32.3 Å². The highest BCUT2D eigenvalue weighted by atomic mass is 19.3. The van der Waals surface area contributed by atoms with E-state index in [9.17, 15) is 18.4 Å². The molecule has 0 atom stereocenters. The van der Waals surface area contributed by atoms with Crippen molar-refractivity contribution >= 4 is 12.0 Å². The van der Waals surface area contributed by atoms with Crippen molar-refractivity contribution in [1.82, 2.24) is 10.2 Å². The molecule has 2 rings (SSSR count). The van der Waals surface area contributed by atoms with Gasteiger partial charge in [0.25, 0.3) is 0 Å². The number of rotatable bonds is 7. The molecular formula is C18H20F2N2O5. The smallest absolute Gasteiger partial charge is 0.387 e. The van der Waals surface area contributed by atoms with Crippen LogP contribution >= 0.6 is 0 Å². The Labute approximate surface area is 154 Å². The van der Waals surface area contributed by atoms with Crippen LogP contribution in [0.1, 0.15) is 27.4 Å². The van der Waals surface area contributed by atoms with Crippen LogP contribution < -0.4 is 10.1 Å². The number of ether oxygens (including phenoxy) is 2. The van der Waals surface area contributed by atoms with Crippen LogP contribution in [-0.4, -0.2) is 37.7 Å². The maximum Gasteiger partial charge on any atom is 0.387 e. The highest BCUT2D eigenvalue weighted by molar-refractivity contribution is 5.90. The van der Waals surface area contributed by atoms with Crippen molar-refractivity contribution in [3.8, 4) is 5.75 Å². The lowest BCUT2D eigenvalue weighted by Crippen LogP contribution is -2.36. The first-order chi connectivity index (χ1) is 12.8. The Morgan fingerprint density at radius 3 is 2.67 bits per heavy atom. The number of hydrogen-bond acceptors (Lipinski definition) is 5. The fraction of sp³-hybridized carbons (Fsp3) is 0.333. The van der Waals surface area contributed by atoms with Crippen molar-refractivity contribution in [1.29, 1.82) is 0 Å². The van der Waals surface area contributed by atoms with Crippen molar-refractivity contribution in [2.45, 2.75) is 26.6 Å². The first-order valence-corrected chi connectivity index (χ1v) is 8.01. The maximum atomic E-state index is 12.4. The largest absolute Gasteiger partial charge is 0.465 e. The lowest BCUT2D eigenvalue weighted by Gasteiger charge is -2.17. The first-order valence-electron chi connectivity index (χ1n) is 8.01. The number of carbonyl (C=O) groups excluding carboxylic acids is 2. The number of furan rings is 1. The SMILES string of the molecule is COC(=O)c1cc(CN(C)C(=O)NCc2ccccc2OC(F)F)oc1C. The van der Waals surface area contributed by atoms with Crippen LogP contribution in [0.2, 0.25) is 0 Å². The number of carbonyl (C=O) groups is 2. The summed E-state index contributed by atoms with van der Waals surface area (Å²) in [4.78, 5) is 25.2. The molecule has 0 aliphatic rings. The molecule has 7 nitrogen and oxygen atoms in total. The van der Waals surface area contributed by atoms with Gasteiger partial charge in [0.15, 0.2) is 0 Å². The lowest BCUT2D eigenvalue weighted by molar-refractivity contribution is -0.0504. The van der Waals surface area contributed by atoms with Gasteiger partial charge in [0, 0.05) is 19.2 Å². The average Bonchev–Trinajstić information content (AvgIpc) is 2.99. The molecular weight excluding hydrogens is 362 g/mol. The Morgan fingerprint density at radius 1 is 1.30 bits per heavy atom. The summed E-state index contributed by atoms with van der Waals surface area (Å²) in [5.74, 6) is 0.279. The molecule has 146 valence electrons. The van der Waals surface area contributed by atoms with E-state index >= 15 is 0 Å². The highest BCUT2D eigenvalue weighted by Crippen LogP contribution is 2.20. The fourth-order valence-corrected chi connectivity index (χ4v) is 2.41. The molecule has 1 aromatic carbocycles. The Kier molecular flexibility index (Phi) is 6.75. The van der Waals surface area contributed by atoms with Gasteiger partial charge in [0.2, 0.25) is 0 Å². The molecule has 2 amide bonds. The van der Waals surface area contributed by atoms with Crippen molar-refractivity contribution in [2.24, 2.45) is 0 Å². The van der Waals surface area contributed by atoms with Gasteiger partial charge >= 0.3 is 18.6 Å². The molecule has 0 aliphatic carbocycles. The molecule has 1 heterocycles. The van der Waals surface area contributed by atoms with E-state index in [1.807, 2.05) is 0 Å². The maximum absolute atomic E-state index is 12.4. The van der Waals surface area contributed by atoms with Crippen molar-refractivity contribution in [3.05, 3.63) is 53.0 Å². The summed E-state index contributed by atoms with van der Waals surface area (Å²) >= 11 is 0. The first kappa shape index (κ1) is 20.2. The molecule has 0 unspecified atom stereocenters. The van der Waals surface area contributed by atoms with Crippen LogP contribution in [0.25, 0.3) is 0 Å². The molecule has 0 spiro atoms. The Balaban J connectivity index is 1.96. The second kappa shape index (κ2) is 9.02. The summed E-state index contributed by atoms with van der Waals surface area (Å²) in [6.07, 6.45) is 0. The summed E-state index contributed by atoms with van der Waals surface area (Å²) in [6.45, 7) is -1.21. The normalized spacial score (nSPS) is 10.6. The number of aryl methyl sites for hydroxylation is 1. The number of para-hydroxylation sites is 1. The third kappa shape index (κ3) is 5.44. The molecule has 9 heteroatoms. The predicted molar refractivity (Wildman–Crippen MR) is 91.6 cm³/mol. The molecule has 1 aromatic heterocycles. The molecule has 0 saturated heterocycles. The van der Waals surface area contributed by atoms with Gasteiger partial charge < -0.3 is 24.1 Å². The summed E-state index contributed by atoms with van der Waals surface area (Å²) in [7, 11) is 2.80. The highest BCUT2D eigenvalue weighted by Gasteiger charge is 2.18. The van der Waals surface area contributed by atoms with E-state index < -0.39 is 18.6 Å². The summed E-state index contributed by atoms with van der Waals surface area (Å²) < 4.78 is 39.4. The zero-order chi connectivity index (χ0) is 20.0. The Hall–Kier alpha value is -3.10. The van der Waals surface area contributed by atoms with E-state index in [2.05, 4.69) is 14.8 Å². The number of methoxy groups -OCH3 is 1. The molecule has 0 fully saturated rings. The number of nitrogens with one attached hydrogen (secondary N) is 1. The molecule has 0 bridgehead atoms. The standard InChI is InChI=1S/C18H20F2N2O5/c1-11-14(16(23)25-3)8-13(26-11)10-22(2)18(24)21-9-12-6-4-5-7-15(12)27-17(19)20/h4-8,17H,9-10H2,1-3H3,(H,21,24). The van der Waals surface area contributed by atoms with Gasteiger partial charge in [-0.05, 0) is 19.1 Å². The van der Waals surface area contributed by atoms with Crippen LogP contribution in [0.15, 0.2) is 34.7 Å². The van der Waals surface area contributed by atoms with Gasteiger partial charge in [-0.2, -0.15) is 8.78 Å². The number of urea groups is 1. The predicted octanol–water partition coefficient (Wildman–Crippen LogP) is 3.32. The molecule has 1 N–H and O–H groups in total. The minimum atomic E-state index is -2.95. The van der Waals surface area contributed by atoms with Crippen LogP contribution in [-0.2, 0) is 17.8 Å². The number of halogens is 2. The number of alkyl halides is 2. The van der Waals surface area contributed by atoms with Gasteiger partial charge in [0.05, 0.1) is 13.7 Å². The van der Waals surface area contributed by atoms with Gasteiger partial charge in [-0.3, -0.25) is 0 Å². The van der Waals surface area contributed by atoms with E-state index in [0.717, 1.165) is 0 Å². The molecule has 0 saturated carbocycles. The number of hydrogen-bond donors (Lipinski definition) is 1. The van der Waals surface area contributed by atoms with Crippen LogP contribution in [0.4, 0.5) is 13.6 Å². The topological polar surface area (TPSA) is 81.0 Å². The van der Waals surface area contributed by atoms with Gasteiger partial charge in [0.1, 0.15) is 22.8 Å². The number of esters is 1. The Bertz CT molecular complexity index is 807. The third-order valence-electron chi connectivity index (χ3n) is 3.73. The van der Waals surface area contributed by atoms with Crippen molar-refractivity contribution in [2.75, 3.05) is 14.2 Å². The third-order valence-corrected chi connectivity index (χ3v) is 3.73. The minimum absolute atomic E-state index is 0.000155. The van der Waals surface area contributed by atoms with E-state index in [-0.39, 0.29) is 18.8 Å². The van der Waals surface area contributed by atoms with Crippen LogP contribution in [0.3, 0.4) is 0 Å². The van der Waals surface area contributed by atoms with E-state index in [0.29, 0.717) is 22.6 Å². The average molecular weight is 382 g/mol. The van der Waals surface area contributed by atoms with E-state index in [1.165, 1.54) is 31.2 Å².